The number of anilines is 1. The van der Waals surface area contributed by atoms with Gasteiger partial charge in [0.2, 0.25) is 0 Å². The molecule has 2 aromatic heterocycles. The van der Waals surface area contributed by atoms with Crippen LogP contribution in [0, 0.1) is 12.8 Å². The van der Waals surface area contributed by atoms with Gasteiger partial charge < -0.3 is 4.90 Å². The number of likely N-dealkylation sites (tertiary alicyclic amines) is 1. The van der Waals surface area contributed by atoms with E-state index in [1.807, 2.05) is 30.9 Å². The van der Waals surface area contributed by atoms with Gasteiger partial charge in [0.25, 0.3) is 0 Å². The first-order valence-electron chi connectivity index (χ1n) is 8.23. The highest BCUT2D eigenvalue weighted by molar-refractivity contribution is 5.37. The van der Waals surface area contributed by atoms with Gasteiger partial charge in [0.15, 0.2) is 0 Å². The van der Waals surface area contributed by atoms with Crippen molar-refractivity contribution in [1.29, 1.82) is 0 Å². The standard InChI is InChI=1S/C17H26N6/c1-13-8-16(19-12-18-13)22(3)10-14-6-5-7-21(2)17(14)15-9-20-23(4)11-15/h8-9,11-12,14,17H,5-7,10H2,1-4H3/t14-,17+/m0/s1. The van der Waals surface area contributed by atoms with Gasteiger partial charge in [0.1, 0.15) is 12.1 Å². The zero-order chi connectivity index (χ0) is 16.4. The van der Waals surface area contributed by atoms with Crippen molar-refractivity contribution in [3.05, 3.63) is 36.0 Å². The molecule has 0 unspecified atom stereocenters. The first-order valence-corrected chi connectivity index (χ1v) is 8.23. The number of piperidine rings is 1. The van der Waals surface area contributed by atoms with Crippen molar-refractivity contribution < 1.29 is 0 Å². The highest BCUT2D eigenvalue weighted by atomic mass is 15.3. The number of hydrogen-bond donors (Lipinski definition) is 0. The molecule has 0 saturated carbocycles. The van der Waals surface area contributed by atoms with Gasteiger partial charge in [-0.2, -0.15) is 5.10 Å². The highest BCUT2D eigenvalue weighted by Crippen LogP contribution is 2.35. The van der Waals surface area contributed by atoms with Gasteiger partial charge in [-0.25, -0.2) is 9.97 Å². The smallest absolute Gasteiger partial charge is 0.131 e. The lowest BCUT2D eigenvalue weighted by molar-refractivity contribution is 0.124. The number of hydrogen-bond acceptors (Lipinski definition) is 5. The van der Waals surface area contributed by atoms with Crippen LogP contribution in [0.4, 0.5) is 5.82 Å². The predicted molar refractivity (Wildman–Crippen MR) is 91.3 cm³/mol. The number of aryl methyl sites for hydroxylation is 2. The Morgan fingerprint density at radius 2 is 2.13 bits per heavy atom. The monoisotopic (exact) mass is 314 g/mol. The van der Waals surface area contributed by atoms with Gasteiger partial charge in [-0.15, -0.1) is 0 Å². The molecule has 1 saturated heterocycles. The fraction of sp³-hybridized carbons (Fsp3) is 0.588. The van der Waals surface area contributed by atoms with Crippen molar-refractivity contribution in [2.75, 3.05) is 32.1 Å². The third-order valence-electron chi connectivity index (χ3n) is 4.76. The van der Waals surface area contributed by atoms with E-state index in [9.17, 15) is 0 Å². The minimum atomic E-state index is 0.419. The van der Waals surface area contributed by atoms with Crippen molar-refractivity contribution in [2.45, 2.75) is 25.8 Å². The van der Waals surface area contributed by atoms with Crippen molar-refractivity contribution >= 4 is 5.82 Å². The van der Waals surface area contributed by atoms with Crippen LogP contribution in [0.15, 0.2) is 24.8 Å². The molecule has 23 heavy (non-hydrogen) atoms. The lowest BCUT2D eigenvalue weighted by Crippen LogP contribution is -2.41. The maximum atomic E-state index is 4.41. The molecule has 3 heterocycles. The summed E-state index contributed by atoms with van der Waals surface area (Å²) in [6.45, 7) is 4.14. The molecule has 1 aliphatic rings. The van der Waals surface area contributed by atoms with E-state index in [1.54, 1.807) is 6.33 Å². The Kier molecular flexibility index (Phi) is 4.61. The van der Waals surface area contributed by atoms with Gasteiger partial charge in [-0.3, -0.25) is 9.58 Å². The topological polar surface area (TPSA) is 50.1 Å². The second-order valence-electron chi connectivity index (χ2n) is 6.67. The summed E-state index contributed by atoms with van der Waals surface area (Å²) in [5.74, 6) is 1.56. The number of rotatable bonds is 4. The summed E-state index contributed by atoms with van der Waals surface area (Å²) >= 11 is 0. The van der Waals surface area contributed by atoms with E-state index in [-0.39, 0.29) is 0 Å². The van der Waals surface area contributed by atoms with Gasteiger partial charge in [0, 0.05) is 50.2 Å². The van der Waals surface area contributed by atoms with Crippen LogP contribution in [0.25, 0.3) is 0 Å². The number of nitrogens with zero attached hydrogens (tertiary/aromatic N) is 6. The molecule has 6 heteroatoms. The van der Waals surface area contributed by atoms with Gasteiger partial charge in [-0.1, -0.05) is 0 Å². The molecule has 1 aliphatic heterocycles. The molecule has 0 aliphatic carbocycles. The molecule has 0 bridgehead atoms. The van der Waals surface area contributed by atoms with Gasteiger partial charge in [0.05, 0.1) is 6.20 Å². The summed E-state index contributed by atoms with van der Waals surface area (Å²) in [6.07, 6.45) is 8.28. The summed E-state index contributed by atoms with van der Waals surface area (Å²) in [5, 5.41) is 4.37. The SMILES string of the molecule is Cc1cc(N(C)C[C@@H]2CCCN(C)[C@H]2c2cnn(C)c2)ncn1. The maximum Gasteiger partial charge on any atom is 0.131 e. The molecule has 6 nitrogen and oxygen atoms in total. The largest absolute Gasteiger partial charge is 0.359 e. The average Bonchev–Trinajstić information content (AvgIpc) is 2.93. The van der Waals surface area contributed by atoms with Gasteiger partial charge in [-0.05, 0) is 39.3 Å². The van der Waals surface area contributed by atoms with Crippen LogP contribution in [-0.2, 0) is 7.05 Å². The molecule has 0 amide bonds. The zero-order valence-corrected chi connectivity index (χ0v) is 14.5. The first-order chi connectivity index (χ1) is 11.0. The third-order valence-corrected chi connectivity index (χ3v) is 4.76. The molecule has 0 aromatic carbocycles. The predicted octanol–water partition coefficient (Wildman–Crippen LogP) is 2.04. The average molecular weight is 314 g/mol. The van der Waals surface area contributed by atoms with Crippen LogP contribution in [0.2, 0.25) is 0 Å². The summed E-state index contributed by atoms with van der Waals surface area (Å²) in [4.78, 5) is 13.3. The molecule has 3 rings (SSSR count). The van der Waals surface area contributed by atoms with E-state index < -0.39 is 0 Å². The Bertz CT molecular complexity index is 652. The Balaban J connectivity index is 1.78. The molecule has 124 valence electrons. The number of aromatic nitrogens is 4. The normalized spacial score (nSPS) is 22.3. The molecular weight excluding hydrogens is 288 g/mol. The van der Waals surface area contributed by atoms with E-state index in [0.29, 0.717) is 12.0 Å². The van der Waals surface area contributed by atoms with E-state index >= 15 is 0 Å². The Morgan fingerprint density at radius 1 is 1.30 bits per heavy atom. The van der Waals surface area contributed by atoms with Crippen LogP contribution in [-0.4, -0.2) is 51.8 Å². The molecule has 0 radical (unpaired) electrons. The van der Waals surface area contributed by atoms with Crippen LogP contribution < -0.4 is 4.90 Å². The zero-order valence-electron chi connectivity index (χ0n) is 14.5. The molecule has 2 aromatic rings. The summed E-state index contributed by atoms with van der Waals surface area (Å²) in [7, 11) is 6.33. The van der Waals surface area contributed by atoms with E-state index in [2.05, 4.69) is 45.2 Å². The maximum absolute atomic E-state index is 4.41. The molecule has 0 N–H and O–H groups in total. The van der Waals surface area contributed by atoms with Crippen molar-refractivity contribution in [1.82, 2.24) is 24.6 Å². The van der Waals surface area contributed by atoms with Crippen LogP contribution in [0.1, 0.15) is 30.1 Å². The Morgan fingerprint density at radius 3 is 2.83 bits per heavy atom. The van der Waals surface area contributed by atoms with Crippen molar-refractivity contribution in [3.8, 4) is 0 Å². The van der Waals surface area contributed by atoms with Crippen LogP contribution in [0.5, 0.6) is 0 Å². The van der Waals surface area contributed by atoms with Crippen molar-refractivity contribution in [2.24, 2.45) is 13.0 Å². The third kappa shape index (κ3) is 3.52. The first kappa shape index (κ1) is 15.9. The molecule has 0 spiro atoms. The molecular formula is C17H26N6. The second kappa shape index (κ2) is 6.66. The van der Waals surface area contributed by atoms with Crippen LogP contribution in [0.3, 0.4) is 0 Å². The second-order valence-corrected chi connectivity index (χ2v) is 6.67. The molecule has 1 fully saturated rings. The Hall–Kier alpha value is -1.95. The quantitative estimate of drug-likeness (QED) is 0.864. The highest BCUT2D eigenvalue weighted by Gasteiger charge is 2.32. The van der Waals surface area contributed by atoms with E-state index in [4.69, 9.17) is 0 Å². The minimum absolute atomic E-state index is 0.419. The van der Waals surface area contributed by atoms with Crippen molar-refractivity contribution in [3.63, 3.8) is 0 Å². The lowest BCUT2D eigenvalue weighted by atomic mass is 9.86. The lowest BCUT2D eigenvalue weighted by Gasteiger charge is -2.40. The van der Waals surface area contributed by atoms with E-state index in [0.717, 1.165) is 24.6 Å². The summed E-state index contributed by atoms with van der Waals surface area (Å²) < 4.78 is 1.90. The summed E-state index contributed by atoms with van der Waals surface area (Å²) in [6, 6.07) is 2.47. The Labute approximate surface area is 138 Å². The van der Waals surface area contributed by atoms with Crippen LogP contribution >= 0.6 is 0 Å². The van der Waals surface area contributed by atoms with Gasteiger partial charge >= 0.3 is 0 Å². The minimum Gasteiger partial charge on any atom is -0.359 e. The molecule has 2 atom stereocenters. The summed E-state index contributed by atoms with van der Waals surface area (Å²) in [5.41, 5.74) is 2.32. The van der Waals surface area contributed by atoms with E-state index in [1.165, 1.54) is 18.4 Å². The fourth-order valence-corrected chi connectivity index (χ4v) is 3.66. The fourth-order valence-electron chi connectivity index (χ4n) is 3.66.